The third-order valence-electron chi connectivity index (χ3n) is 2.20. The molecule has 1 unspecified atom stereocenters. The Bertz CT molecular complexity index is 405. The summed E-state index contributed by atoms with van der Waals surface area (Å²) in [6.07, 6.45) is 1.19. The minimum atomic E-state index is -0.959. The van der Waals surface area contributed by atoms with Gasteiger partial charge >= 0.3 is 5.97 Å². The van der Waals surface area contributed by atoms with Crippen LogP contribution in [-0.4, -0.2) is 17.1 Å². The number of aliphatic carboxylic acids is 1. The summed E-state index contributed by atoms with van der Waals surface area (Å²) in [5, 5.41) is 12.0. The Morgan fingerprint density at radius 2 is 2.29 bits per heavy atom. The van der Waals surface area contributed by atoms with Gasteiger partial charge in [-0.25, -0.2) is 9.18 Å². The van der Waals surface area contributed by atoms with Crippen LogP contribution in [0, 0.1) is 5.82 Å². The molecule has 0 aliphatic carbocycles. The zero-order valence-electron chi connectivity index (χ0n) is 9.14. The van der Waals surface area contributed by atoms with Gasteiger partial charge in [-0.15, -0.1) is 0 Å². The maximum Gasteiger partial charge on any atom is 0.326 e. The molecule has 0 aliphatic heterocycles. The Hall–Kier alpha value is -0.810. The molecule has 1 aromatic carbocycles. The van der Waals surface area contributed by atoms with Gasteiger partial charge in [-0.3, -0.25) is 0 Å². The number of rotatable bonds is 5. The van der Waals surface area contributed by atoms with E-state index in [1.165, 1.54) is 6.07 Å². The number of nitrogens with one attached hydrogen (secondary N) is 1. The summed E-state index contributed by atoms with van der Waals surface area (Å²) in [4.78, 5) is 11.0. The van der Waals surface area contributed by atoms with Gasteiger partial charge in [0.1, 0.15) is 11.9 Å². The van der Waals surface area contributed by atoms with Crippen LogP contribution in [0.2, 0.25) is 5.02 Å². The van der Waals surface area contributed by atoms with E-state index in [0.29, 0.717) is 16.6 Å². The van der Waals surface area contributed by atoms with E-state index in [-0.39, 0.29) is 5.02 Å². The summed E-state index contributed by atoms with van der Waals surface area (Å²) in [7, 11) is 0. The van der Waals surface area contributed by atoms with Gasteiger partial charge in [-0.05, 0) is 34.5 Å². The van der Waals surface area contributed by atoms with Crippen molar-refractivity contribution in [3.63, 3.8) is 0 Å². The maximum atomic E-state index is 13.0. The molecule has 0 radical (unpaired) electrons. The number of anilines is 1. The van der Waals surface area contributed by atoms with Gasteiger partial charge in [0.2, 0.25) is 0 Å². The van der Waals surface area contributed by atoms with Crippen LogP contribution in [-0.2, 0) is 4.79 Å². The van der Waals surface area contributed by atoms with Gasteiger partial charge in [0, 0.05) is 4.47 Å². The molecule has 6 heteroatoms. The van der Waals surface area contributed by atoms with Crippen LogP contribution in [0.1, 0.15) is 19.8 Å². The fourth-order valence-corrected chi connectivity index (χ4v) is 2.32. The van der Waals surface area contributed by atoms with Gasteiger partial charge in [-0.2, -0.15) is 0 Å². The highest BCUT2D eigenvalue weighted by molar-refractivity contribution is 9.10. The monoisotopic (exact) mass is 323 g/mol. The Morgan fingerprint density at radius 1 is 1.65 bits per heavy atom. The Kier molecular flexibility index (Phi) is 5.21. The molecule has 17 heavy (non-hydrogen) atoms. The molecule has 1 atom stereocenters. The molecule has 0 amide bonds. The van der Waals surface area contributed by atoms with Crippen LogP contribution in [0.25, 0.3) is 0 Å². The molecule has 94 valence electrons. The average molecular weight is 325 g/mol. The Labute approximate surface area is 112 Å². The van der Waals surface area contributed by atoms with Gasteiger partial charge in [-0.1, -0.05) is 24.9 Å². The third-order valence-corrected chi connectivity index (χ3v) is 3.12. The lowest BCUT2D eigenvalue weighted by Crippen LogP contribution is -2.29. The summed E-state index contributed by atoms with van der Waals surface area (Å²) in [5.41, 5.74) is 0.397. The van der Waals surface area contributed by atoms with Crippen LogP contribution in [0.3, 0.4) is 0 Å². The molecular formula is C11H12BrClFNO2. The number of hydrogen-bond donors (Lipinski definition) is 2. The van der Waals surface area contributed by atoms with Gasteiger partial charge in [0.05, 0.1) is 10.7 Å². The molecule has 0 aliphatic rings. The average Bonchev–Trinajstić information content (AvgIpc) is 2.21. The van der Waals surface area contributed by atoms with Crippen molar-refractivity contribution in [2.45, 2.75) is 25.8 Å². The zero-order valence-corrected chi connectivity index (χ0v) is 11.5. The summed E-state index contributed by atoms with van der Waals surface area (Å²) in [6, 6.07) is 1.64. The van der Waals surface area contributed by atoms with E-state index in [2.05, 4.69) is 21.2 Å². The van der Waals surface area contributed by atoms with E-state index in [9.17, 15) is 9.18 Å². The van der Waals surface area contributed by atoms with Crippen molar-refractivity contribution in [2.75, 3.05) is 5.32 Å². The molecule has 2 N–H and O–H groups in total. The first kappa shape index (κ1) is 14.3. The van der Waals surface area contributed by atoms with E-state index in [0.717, 1.165) is 12.5 Å². The second-order valence-electron chi connectivity index (χ2n) is 3.57. The highest BCUT2D eigenvalue weighted by Crippen LogP contribution is 2.32. The van der Waals surface area contributed by atoms with Crippen molar-refractivity contribution in [1.82, 2.24) is 0 Å². The fraction of sp³-hybridized carbons (Fsp3) is 0.364. The molecule has 0 spiro atoms. The lowest BCUT2D eigenvalue weighted by atomic mass is 10.1. The SMILES string of the molecule is CCCC(Nc1c(Cl)cc(F)cc1Br)C(=O)O. The van der Waals surface area contributed by atoms with E-state index >= 15 is 0 Å². The normalized spacial score (nSPS) is 12.2. The first-order chi connectivity index (χ1) is 7.95. The van der Waals surface area contributed by atoms with Crippen molar-refractivity contribution in [3.05, 3.63) is 27.4 Å². The number of carboxylic acids is 1. The van der Waals surface area contributed by atoms with Crippen molar-refractivity contribution in [3.8, 4) is 0 Å². The predicted octanol–water partition coefficient (Wildman–Crippen LogP) is 3.91. The van der Waals surface area contributed by atoms with Crippen LogP contribution in [0.5, 0.6) is 0 Å². The van der Waals surface area contributed by atoms with Gasteiger partial charge in [0.15, 0.2) is 0 Å². The third kappa shape index (κ3) is 3.85. The number of halogens is 3. The fourth-order valence-electron chi connectivity index (χ4n) is 1.40. The maximum absolute atomic E-state index is 13.0. The summed E-state index contributed by atoms with van der Waals surface area (Å²) < 4.78 is 13.4. The minimum Gasteiger partial charge on any atom is -0.480 e. The number of hydrogen-bond acceptors (Lipinski definition) is 2. The smallest absolute Gasteiger partial charge is 0.326 e. The highest BCUT2D eigenvalue weighted by Gasteiger charge is 2.19. The first-order valence-electron chi connectivity index (χ1n) is 5.09. The second kappa shape index (κ2) is 6.21. The highest BCUT2D eigenvalue weighted by atomic mass is 79.9. The van der Waals surface area contributed by atoms with Crippen molar-refractivity contribution >= 4 is 39.2 Å². The lowest BCUT2D eigenvalue weighted by Gasteiger charge is -2.17. The van der Waals surface area contributed by atoms with Crippen LogP contribution < -0.4 is 5.32 Å². The van der Waals surface area contributed by atoms with Gasteiger partial charge < -0.3 is 10.4 Å². The van der Waals surface area contributed by atoms with Crippen LogP contribution >= 0.6 is 27.5 Å². The summed E-state index contributed by atoms with van der Waals surface area (Å²) in [6.45, 7) is 1.89. The van der Waals surface area contributed by atoms with Crippen molar-refractivity contribution in [1.29, 1.82) is 0 Å². The summed E-state index contributed by atoms with van der Waals surface area (Å²) in [5.74, 6) is -1.44. The molecule has 0 fully saturated rings. The molecule has 0 saturated carbocycles. The molecule has 0 aromatic heterocycles. The number of carbonyl (C=O) groups is 1. The van der Waals surface area contributed by atoms with Crippen molar-refractivity contribution in [2.24, 2.45) is 0 Å². The van der Waals surface area contributed by atoms with E-state index in [1.54, 1.807) is 0 Å². The van der Waals surface area contributed by atoms with E-state index < -0.39 is 17.8 Å². The number of carboxylic acid groups (broad SMARTS) is 1. The molecule has 1 rings (SSSR count). The molecule has 0 bridgehead atoms. The molecule has 3 nitrogen and oxygen atoms in total. The largest absolute Gasteiger partial charge is 0.480 e. The first-order valence-corrected chi connectivity index (χ1v) is 6.26. The van der Waals surface area contributed by atoms with Crippen molar-refractivity contribution < 1.29 is 14.3 Å². The molecule has 0 heterocycles. The quantitative estimate of drug-likeness (QED) is 0.863. The second-order valence-corrected chi connectivity index (χ2v) is 4.83. The topological polar surface area (TPSA) is 49.3 Å². The Morgan fingerprint density at radius 3 is 2.76 bits per heavy atom. The van der Waals surface area contributed by atoms with Gasteiger partial charge in [0.25, 0.3) is 0 Å². The molecule has 1 aromatic rings. The van der Waals surface area contributed by atoms with Crippen LogP contribution in [0.15, 0.2) is 16.6 Å². The van der Waals surface area contributed by atoms with E-state index in [1.807, 2.05) is 6.92 Å². The summed E-state index contributed by atoms with van der Waals surface area (Å²) >= 11 is 9.01. The standard InChI is InChI=1S/C11H12BrClFNO2/c1-2-3-9(11(16)17)15-10-7(12)4-6(14)5-8(10)13/h4-5,9,15H,2-3H2,1H3,(H,16,17). The minimum absolute atomic E-state index is 0.152. The van der Waals surface area contributed by atoms with E-state index in [4.69, 9.17) is 16.7 Å². The van der Waals surface area contributed by atoms with Crippen LogP contribution in [0.4, 0.5) is 10.1 Å². The predicted molar refractivity (Wildman–Crippen MR) is 69.1 cm³/mol. The zero-order chi connectivity index (χ0) is 13.0. The molecular weight excluding hydrogens is 312 g/mol. The number of benzene rings is 1. The Balaban J connectivity index is 2.97. The molecule has 0 saturated heterocycles. The lowest BCUT2D eigenvalue weighted by molar-refractivity contribution is -0.138.